The average Bonchev–Trinajstić information content (AvgIpc) is 1.49. The van der Waals surface area contributed by atoms with Crippen molar-refractivity contribution in [1.82, 2.24) is 13.8 Å². The third-order valence-electron chi connectivity index (χ3n) is 18.9. The SMILES string of the molecule is Cc1ccccc1-c1cccc(-c2c3ccccc3cc[n+]2C)[n+]1C.Cc1ccccc1-c1cccc(-c2n(-c3c(C(C)C)cccc3C(C)C)cc[n+]2C)[n+]1C.Cc1ccccc1-c1cccc(-n2ccc[n+]2C)[n+]1C.Cn1c(-c2cccc[n+]2C)ccc1-c1cccc[n+]1C. The predicted molar refractivity (Wildman–Crippen MR) is 391 cm³/mol. The number of pyridine rings is 6. The molecule has 0 N–H and O–H groups in total. The van der Waals surface area contributed by atoms with Crippen LogP contribution in [0, 0.1) is 20.8 Å². The van der Waals surface area contributed by atoms with E-state index in [4.69, 9.17) is 0 Å². The van der Waals surface area contributed by atoms with Crippen LogP contribution in [0.3, 0.4) is 0 Å². The fourth-order valence-electron chi connectivity index (χ4n) is 13.5. The number of rotatable bonds is 11. The van der Waals surface area contributed by atoms with E-state index < -0.39 is 0 Å². The molecule has 0 saturated heterocycles. The molecule has 11 nitrogen and oxygen atoms in total. The second-order valence-electron chi connectivity index (χ2n) is 26.0. The molecular weight excluding hydrogens is 1190 g/mol. The van der Waals surface area contributed by atoms with Gasteiger partial charge < -0.3 is 4.57 Å². The maximum absolute atomic E-state index is 2.39. The van der Waals surface area contributed by atoms with Crippen molar-refractivity contribution in [2.24, 2.45) is 63.4 Å². The molecule has 486 valence electrons. The van der Waals surface area contributed by atoms with Gasteiger partial charge in [-0.2, -0.15) is 27.4 Å². The van der Waals surface area contributed by atoms with Gasteiger partial charge in [0.2, 0.25) is 29.0 Å². The quantitative estimate of drug-likeness (QED) is 0.116. The number of aryl methyl sites for hydroxylation is 8. The van der Waals surface area contributed by atoms with Crippen LogP contribution in [0.15, 0.2) is 274 Å². The summed E-state index contributed by atoms with van der Waals surface area (Å²) in [5.74, 6) is 3.20. The third-order valence-corrected chi connectivity index (χ3v) is 18.9. The van der Waals surface area contributed by atoms with Crippen LogP contribution in [0.4, 0.5) is 0 Å². The Morgan fingerprint density at radius 2 is 0.773 bits per heavy atom. The van der Waals surface area contributed by atoms with E-state index in [0.29, 0.717) is 11.8 Å². The van der Waals surface area contributed by atoms with Crippen LogP contribution in [0.5, 0.6) is 0 Å². The van der Waals surface area contributed by atoms with E-state index in [-0.39, 0.29) is 0 Å². The van der Waals surface area contributed by atoms with Crippen LogP contribution >= 0.6 is 0 Å². The van der Waals surface area contributed by atoms with E-state index in [1.807, 2.05) is 31.4 Å². The molecule has 97 heavy (non-hydrogen) atoms. The Hall–Kier alpha value is -11.0. The standard InChI is InChI=1S/C29H35N3.C23H22N2.2C17H19N3/c1-20(2)23-14-10-15-24(21(3)4)28(23)32-19-18-30(6)29(32)27-17-11-16-26(31(27)7)25-13-9-8-12-22(25)5;1-17-9-4-6-11-19(17)21-13-8-14-22(25(21)3)23-20-12-7-5-10-18(20)15-16-24(23)2;1-18-12-6-4-8-14(18)16-10-11-17(20(16)3)15-9-5-7-13-19(15)2;1-14-8-4-5-9-15(14)16-10-6-11-17(19(16)3)20-13-7-12-18(20)2/h8-21H,1-7H3;4-16H,1-3H3;2*4-13H,1-3H3/q4*+2. The maximum Gasteiger partial charge on any atom is 0.359 e. The molecule has 0 aliphatic rings. The zero-order valence-electron chi connectivity index (χ0n) is 59.6. The molecule has 0 radical (unpaired) electrons. The molecule has 0 unspecified atom stereocenters. The largest absolute Gasteiger partial charge is 0.359 e. The van der Waals surface area contributed by atoms with Gasteiger partial charge in [0.1, 0.15) is 70.4 Å². The van der Waals surface area contributed by atoms with E-state index in [1.54, 1.807) is 0 Å². The highest BCUT2D eigenvalue weighted by Crippen LogP contribution is 2.34. The highest BCUT2D eigenvalue weighted by molar-refractivity contribution is 5.91. The summed E-state index contributed by atoms with van der Waals surface area (Å²) in [6.45, 7) is 15.6. The van der Waals surface area contributed by atoms with Crippen LogP contribution < -0.4 is 36.7 Å². The lowest BCUT2D eigenvalue weighted by Gasteiger charge is -2.17. The highest BCUT2D eigenvalue weighted by Gasteiger charge is 2.33. The third kappa shape index (κ3) is 14.1. The van der Waals surface area contributed by atoms with Crippen molar-refractivity contribution in [1.29, 1.82) is 0 Å². The summed E-state index contributed by atoms with van der Waals surface area (Å²) in [6, 6.07) is 81.6. The number of nitrogens with zero attached hydrogens (tertiary/aromatic N) is 11. The topological polar surface area (TPSA) is 45.8 Å². The van der Waals surface area contributed by atoms with Crippen molar-refractivity contribution >= 4 is 10.8 Å². The van der Waals surface area contributed by atoms with Gasteiger partial charge in [0.05, 0.1) is 25.5 Å². The van der Waals surface area contributed by atoms with Gasteiger partial charge in [0, 0.05) is 100 Å². The molecule has 5 aromatic carbocycles. The van der Waals surface area contributed by atoms with E-state index in [0.717, 1.165) is 5.82 Å². The molecule has 11 heteroatoms. The van der Waals surface area contributed by atoms with Gasteiger partial charge in [-0.1, -0.05) is 125 Å². The number of hydrogen-bond donors (Lipinski definition) is 0. The molecule has 14 rings (SSSR count). The summed E-state index contributed by atoms with van der Waals surface area (Å²) in [6.07, 6.45) is 14.8. The highest BCUT2D eigenvalue weighted by atomic mass is 15.4. The van der Waals surface area contributed by atoms with Gasteiger partial charge in [0.15, 0.2) is 31.8 Å². The van der Waals surface area contributed by atoms with Crippen molar-refractivity contribution in [3.63, 3.8) is 0 Å². The zero-order valence-corrected chi connectivity index (χ0v) is 59.6. The Morgan fingerprint density at radius 1 is 0.330 bits per heavy atom. The van der Waals surface area contributed by atoms with Gasteiger partial charge in [-0.15, -0.1) is 0 Å². The lowest BCUT2D eigenvalue weighted by Crippen LogP contribution is -2.45. The van der Waals surface area contributed by atoms with Crippen molar-refractivity contribution < 1.29 is 36.7 Å². The lowest BCUT2D eigenvalue weighted by molar-refractivity contribution is -0.763. The Labute approximate surface area is 574 Å². The molecule has 0 atom stereocenters. The van der Waals surface area contributed by atoms with E-state index >= 15 is 0 Å². The summed E-state index contributed by atoms with van der Waals surface area (Å²) >= 11 is 0. The van der Waals surface area contributed by atoms with Gasteiger partial charge in [-0.3, -0.25) is 0 Å². The first kappa shape index (κ1) is 67.4. The molecule has 9 heterocycles. The van der Waals surface area contributed by atoms with E-state index in [1.165, 1.54) is 124 Å². The number of hydrogen-bond acceptors (Lipinski definition) is 0. The second-order valence-corrected chi connectivity index (χ2v) is 26.0. The first-order valence-corrected chi connectivity index (χ1v) is 33.7. The molecule has 0 aliphatic heterocycles. The van der Waals surface area contributed by atoms with Crippen LogP contribution in [0.2, 0.25) is 0 Å². The predicted octanol–water partition coefficient (Wildman–Crippen LogP) is 14.3. The van der Waals surface area contributed by atoms with Gasteiger partial charge >= 0.3 is 11.6 Å². The molecule has 0 amide bonds. The van der Waals surface area contributed by atoms with Gasteiger partial charge in [0.25, 0.3) is 17.1 Å². The van der Waals surface area contributed by atoms with E-state index in [9.17, 15) is 0 Å². The molecule has 0 fully saturated rings. The zero-order chi connectivity index (χ0) is 68.6. The normalized spacial score (nSPS) is 11.1. The molecular formula is C86H95N11+8. The average molecular weight is 1280 g/mol. The first-order valence-electron chi connectivity index (χ1n) is 33.7. The maximum atomic E-state index is 2.39. The summed E-state index contributed by atoms with van der Waals surface area (Å²) in [5.41, 5.74) is 23.9. The Kier molecular flexibility index (Phi) is 20.6. The fraction of sp³-hybridized carbons (Fsp3) is 0.209. The molecule has 0 aliphatic carbocycles. The fourth-order valence-corrected chi connectivity index (χ4v) is 13.5. The number of benzene rings is 5. The van der Waals surface area contributed by atoms with Crippen LogP contribution in [0.25, 0.3) is 102 Å². The number of fused-ring (bicyclic) bond motifs is 1. The summed E-state index contributed by atoms with van der Waals surface area (Å²) < 4.78 is 24.4. The van der Waals surface area contributed by atoms with Crippen LogP contribution in [0.1, 0.15) is 67.3 Å². The van der Waals surface area contributed by atoms with Crippen molar-refractivity contribution in [2.45, 2.75) is 60.3 Å². The Balaban J connectivity index is 0.000000134. The minimum Gasteiger partial charge on any atom is -0.334 e. The summed E-state index contributed by atoms with van der Waals surface area (Å²) in [5, 5.41) is 2.53. The molecule has 14 aromatic rings. The van der Waals surface area contributed by atoms with E-state index in [2.05, 4.69) is 405 Å². The number of aromatic nitrogens is 11. The van der Waals surface area contributed by atoms with Gasteiger partial charge in [-0.25, -0.2) is 9.13 Å². The molecule has 9 aromatic heterocycles. The van der Waals surface area contributed by atoms with Crippen LogP contribution in [-0.4, -0.2) is 13.8 Å². The van der Waals surface area contributed by atoms with Crippen molar-refractivity contribution in [2.75, 3.05) is 0 Å². The minimum absolute atomic E-state index is 0.441. The smallest absolute Gasteiger partial charge is 0.334 e. The molecule has 0 bridgehead atoms. The lowest BCUT2D eigenvalue weighted by atomic mass is 9.92. The van der Waals surface area contributed by atoms with Crippen molar-refractivity contribution in [3.8, 4) is 91.0 Å². The summed E-state index contributed by atoms with van der Waals surface area (Å²) in [4.78, 5) is 0. The van der Waals surface area contributed by atoms with Crippen molar-refractivity contribution in [3.05, 3.63) is 302 Å². The monoisotopic (exact) mass is 1280 g/mol. The minimum atomic E-state index is 0.441. The first-order chi connectivity index (χ1) is 46.8. The number of para-hydroxylation sites is 1. The van der Waals surface area contributed by atoms with Gasteiger partial charge in [-0.05, 0) is 126 Å². The molecule has 0 spiro atoms. The van der Waals surface area contributed by atoms with Crippen LogP contribution in [-0.2, 0) is 63.4 Å². The Bertz CT molecular complexity index is 5030. The molecule has 0 saturated carbocycles. The Morgan fingerprint density at radius 3 is 1.28 bits per heavy atom. The summed E-state index contributed by atoms with van der Waals surface area (Å²) in [7, 11) is 19.0. The second kappa shape index (κ2) is 29.7. The number of imidazole rings is 1.